The molecule has 0 unspecified atom stereocenters. The summed E-state index contributed by atoms with van der Waals surface area (Å²) in [7, 11) is 0. The maximum absolute atomic E-state index is 5.78. The quantitative estimate of drug-likeness (QED) is 0.405. The number of hydrogen-bond donors (Lipinski definition) is 0. The second-order valence-corrected chi connectivity index (χ2v) is 4.96. The number of halogens is 3. The maximum atomic E-state index is 5.78. The summed E-state index contributed by atoms with van der Waals surface area (Å²) < 4.78 is 4.02. The van der Waals surface area contributed by atoms with E-state index in [9.17, 15) is 0 Å². The molecule has 0 spiro atoms. The lowest BCUT2D eigenvalue weighted by atomic mass is 10.1. The Bertz CT molecular complexity index is 226. The van der Waals surface area contributed by atoms with Crippen LogP contribution in [0.5, 0.6) is 0 Å². The molecule has 0 saturated heterocycles. The Labute approximate surface area is 101 Å². The third-order valence-corrected chi connectivity index (χ3v) is 2.46. The molecule has 14 heavy (non-hydrogen) atoms. The minimum atomic E-state index is -1.35. The Morgan fingerprint density at radius 1 is 1.21 bits per heavy atom. The van der Waals surface area contributed by atoms with Crippen LogP contribution >= 0.6 is 34.8 Å². The lowest BCUT2D eigenvalue weighted by molar-refractivity contribution is 0.222. The highest BCUT2D eigenvalue weighted by molar-refractivity contribution is 6.69. The fraction of sp³-hybridized carbons (Fsp3) is 0.600. The van der Waals surface area contributed by atoms with E-state index in [1.165, 1.54) is 0 Å². The molecule has 0 aromatic carbocycles. The normalized spacial score (nSPS) is 14.4. The van der Waals surface area contributed by atoms with Crippen molar-refractivity contribution >= 4 is 34.8 Å². The van der Waals surface area contributed by atoms with Gasteiger partial charge in [-0.15, -0.1) is 0 Å². The monoisotopic (exact) mass is 256 g/mol. The highest BCUT2D eigenvalue weighted by Crippen LogP contribution is 2.37. The Hall–Kier alpha value is 0.150. The van der Waals surface area contributed by atoms with Crippen molar-refractivity contribution in [2.75, 3.05) is 6.61 Å². The first kappa shape index (κ1) is 14.2. The van der Waals surface area contributed by atoms with Gasteiger partial charge in [0, 0.05) is 6.42 Å². The summed E-state index contributed by atoms with van der Waals surface area (Å²) in [6.45, 7) is 6.29. The minimum absolute atomic E-state index is 0.539. The van der Waals surface area contributed by atoms with Gasteiger partial charge in [0.15, 0.2) is 0 Å². The third kappa shape index (κ3) is 5.14. The van der Waals surface area contributed by atoms with Gasteiger partial charge in [-0.1, -0.05) is 40.9 Å². The van der Waals surface area contributed by atoms with Crippen LogP contribution in [0, 0.1) is 0 Å². The molecule has 0 amide bonds. The van der Waals surface area contributed by atoms with Crippen LogP contribution in [0.4, 0.5) is 0 Å². The van der Waals surface area contributed by atoms with E-state index in [1.54, 1.807) is 6.08 Å². The summed E-state index contributed by atoms with van der Waals surface area (Å²) in [6.07, 6.45) is 4.22. The van der Waals surface area contributed by atoms with Crippen LogP contribution in [0.25, 0.3) is 0 Å². The zero-order valence-electron chi connectivity index (χ0n) is 8.61. The van der Waals surface area contributed by atoms with Crippen molar-refractivity contribution < 1.29 is 4.74 Å². The van der Waals surface area contributed by atoms with Crippen molar-refractivity contribution in [3.63, 3.8) is 0 Å². The number of ether oxygens (including phenoxy) is 1. The number of hydrogen-bond acceptors (Lipinski definition) is 1. The summed E-state index contributed by atoms with van der Waals surface area (Å²) in [5.41, 5.74) is 0.726. The van der Waals surface area contributed by atoms with E-state index in [0.29, 0.717) is 13.0 Å². The first-order valence-corrected chi connectivity index (χ1v) is 5.59. The van der Waals surface area contributed by atoms with Crippen LogP contribution in [-0.4, -0.2) is 10.4 Å². The van der Waals surface area contributed by atoms with Crippen molar-refractivity contribution in [3.05, 3.63) is 23.5 Å². The molecule has 0 N–H and O–H groups in total. The SMILES string of the molecule is CC=C(CC(=CC)C(Cl)(Cl)Cl)OCC. The molecule has 4 heteroatoms. The molecule has 0 aliphatic rings. The van der Waals surface area contributed by atoms with E-state index in [2.05, 4.69) is 0 Å². The molecule has 0 radical (unpaired) electrons. The molecule has 82 valence electrons. The van der Waals surface area contributed by atoms with Gasteiger partial charge in [-0.3, -0.25) is 0 Å². The van der Waals surface area contributed by atoms with E-state index in [-0.39, 0.29) is 0 Å². The topological polar surface area (TPSA) is 9.23 Å². The molecule has 0 heterocycles. The lowest BCUT2D eigenvalue weighted by Gasteiger charge is -2.17. The molecule has 0 rings (SSSR count). The van der Waals surface area contributed by atoms with Gasteiger partial charge in [-0.2, -0.15) is 0 Å². The predicted octanol–water partition coefficient (Wildman–Crippen LogP) is 4.63. The number of allylic oxidation sites excluding steroid dienone is 3. The largest absolute Gasteiger partial charge is 0.498 e. The van der Waals surface area contributed by atoms with Gasteiger partial charge in [-0.25, -0.2) is 0 Å². The fourth-order valence-electron chi connectivity index (χ4n) is 0.975. The molecule has 1 nitrogen and oxygen atoms in total. The standard InChI is InChI=1S/C10H15Cl3O/c1-4-8(10(11,12)13)7-9(5-2)14-6-3/h4-5H,6-7H2,1-3H3. The van der Waals surface area contributed by atoms with E-state index >= 15 is 0 Å². The zero-order valence-corrected chi connectivity index (χ0v) is 10.9. The first-order valence-electron chi connectivity index (χ1n) is 4.46. The van der Waals surface area contributed by atoms with Gasteiger partial charge in [-0.05, 0) is 32.4 Å². The Kier molecular flexibility index (Phi) is 6.67. The van der Waals surface area contributed by atoms with Crippen molar-refractivity contribution in [1.29, 1.82) is 0 Å². The maximum Gasteiger partial charge on any atom is 0.212 e. The smallest absolute Gasteiger partial charge is 0.212 e. The molecular weight excluding hydrogens is 242 g/mol. The van der Waals surface area contributed by atoms with Crippen LogP contribution in [-0.2, 0) is 4.74 Å². The van der Waals surface area contributed by atoms with Crippen molar-refractivity contribution in [1.82, 2.24) is 0 Å². The molecule has 0 aromatic rings. The molecule has 0 aliphatic heterocycles. The Morgan fingerprint density at radius 3 is 2.07 bits per heavy atom. The number of alkyl halides is 3. The zero-order chi connectivity index (χ0) is 11.2. The van der Waals surface area contributed by atoms with Crippen molar-refractivity contribution in [2.45, 2.75) is 31.0 Å². The van der Waals surface area contributed by atoms with Gasteiger partial charge < -0.3 is 4.74 Å². The summed E-state index contributed by atoms with van der Waals surface area (Å²) in [5, 5.41) is 0. The second-order valence-electron chi connectivity index (χ2n) is 2.68. The van der Waals surface area contributed by atoms with Crippen molar-refractivity contribution in [3.8, 4) is 0 Å². The van der Waals surface area contributed by atoms with E-state index < -0.39 is 3.79 Å². The Morgan fingerprint density at radius 2 is 1.79 bits per heavy atom. The molecular formula is C10H15Cl3O. The third-order valence-electron chi connectivity index (χ3n) is 1.73. The minimum Gasteiger partial charge on any atom is -0.498 e. The molecule has 0 bridgehead atoms. The van der Waals surface area contributed by atoms with Gasteiger partial charge in [0.05, 0.1) is 12.4 Å². The Balaban J connectivity index is 4.48. The van der Waals surface area contributed by atoms with Gasteiger partial charge in [0.2, 0.25) is 3.79 Å². The summed E-state index contributed by atoms with van der Waals surface area (Å²) in [4.78, 5) is 0. The number of rotatable bonds is 4. The van der Waals surface area contributed by atoms with Crippen LogP contribution in [0.3, 0.4) is 0 Å². The molecule has 0 aliphatic carbocycles. The highest BCUT2D eigenvalue weighted by Gasteiger charge is 2.25. The van der Waals surface area contributed by atoms with E-state index in [0.717, 1.165) is 11.3 Å². The van der Waals surface area contributed by atoms with Gasteiger partial charge in [0.1, 0.15) is 0 Å². The van der Waals surface area contributed by atoms with Crippen molar-refractivity contribution in [2.24, 2.45) is 0 Å². The average Bonchev–Trinajstić information content (AvgIpc) is 2.10. The summed E-state index contributed by atoms with van der Waals surface area (Å²) >= 11 is 17.3. The van der Waals surface area contributed by atoms with Crippen LogP contribution in [0.2, 0.25) is 0 Å². The second kappa shape index (κ2) is 6.60. The van der Waals surface area contributed by atoms with E-state index in [4.69, 9.17) is 39.5 Å². The van der Waals surface area contributed by atoms with E-state index in [1.807, 2.05) is 26.8 Å². The van der Waals surface area contributed by atoms with Gasteiger partial charge >= 0.3 is 0 Å². The van der Waals surface area contributed by atoms with Crippen LogP contribution in [0.15, 0.2) is 23.5 Å². The summed E-state index contributed by atoms with van der Waals surface area (Å²) in [5.74, 6) is 0.826. The highest BCUT2D eigenvalue weighted by atomic mass is 35.6. The average molecular weight is 258 g/mol. The lowest BCUT2D eigenvalue weighted by Crippen LogP contribution is -2.09. The molecule has 0 saturated carbocycles. The fourth-order valence-corrected chi connectivity index (χ4v) is 1.50. The summed E-state index contributed by atoms with van der Waals surface area (Å²) in [6, 6.07) is 0. The van der Waals surface area contributed by atoms with Gasteiger partial charge in [0.25, 0.3) is 0 Å². The van der Waals surface area contributed by atoms with Crippen LogP contribution < -0.4 is 0 Å². The first-order chi connectivity index (χ1) is 6.45. The predicted molar refractivity (Wildman–Crippen MR) is 64.0 cm³/mol. The molecule has 0 fully saturated rings. The molecule has 0 atom stereocenters. The molecule has 0 aromatic heterocycles. The van der Waals surface area contributed by atoms with Crippen LogP contribution in [0.1, 0.15) is 27.2 Å².